The average Bonchev–Trinajstić information content (AvgIpc) is 2.42. The first-order valence-electron chi connectivity index (χ1n) is 6.40. The van der Waals surface area contributed by atoms with Crippen LogP contribution in [0.3, 0.4) is 0 Å². The van der Waals surface area contributed by atoms with Gasteiger partial charge in [-0.1, -0.05) is 13.8 Å². The first kappa shape index (κ1) is 19.2. The van der Waals surface area contributed by atoms with Gasteiger partial charge < -0.3 is 9.84 Å². The van der Waals surface area contributed by atoms with Crippen LogP contribution >= 0.6 is 0 Å². The topological polar surface area (TPSA) is 92.7 Å². The normalized spacial score (nSPS) is 13.9. The number of hydrogen-bond acceptors (Lipinski definition) is 4. The molecule has 2 N–H and O–H groups in total. The van der Waals surface area contributed by atoms with Crippen LogP contribution in [0.15, 0.2) is 23.1 Å². The highest BCUT2D eigenvalue weighted by molar-refractivity contribution is 7.89. The van der Waals surface area contributed by atoms with Crippen LogP contribution in [0.2, 0.25) is 0 Å². The number of carbonyl (C=O) groups is 1. The number of carboxylic acids is 1. The molecule has 0 saturated heterocycles. The van der Waals surface area contributed by atoms with E-state index in [-0.39, 0.29) is 5.75 Å². The lowest BCUT2D eigenvalue weighted by Crippen LogP contribution is -2.44. The Bertz CT molecular complexity index is 685. The van der Waals surface area contributed by atoms with Gasteiger partial charge in [0, 0.05) is 6.07 Å². The number of aliphatic carboxylic acids is 1. The highest BCUT2D eigenvalue weighted by Gasteiger charge is 2.34. The molecule has 0 unspecified atom stereocenters. The van der Waals surface area contributed by atoms with E-state index in [1.165, 1.54) is 13.8 Å². The monoisotopic (exact) mass is 355 g/mol. The number of ether oxygens (including phenoxy) is 1. The summed E-state index contributed by atoms with van der Waals surface area (Å²) in [6, 6.07) is 0.484. The van der Waals surface area contributed by atoms with Gasteiger partial charge in [-0.2, -0.15) is 17.9 Å². The molecule has 1 aromatic rings. The summed E-state index contributed by atoms with van der Waals surface area (Å²) in [6.07, 6.45) is -4.77. The highest BCUT2D eigenvalue weighted by Crippen LogP contribution is 2.33. The van der Waals surface area contributed by atoms with E-state index in [0.717, 1.165) is 13.2 Å². The second-order valence-electron chi connectivity index (χ2n) is 5.08. The van der Waals surface area contributed by atoms with Crippen molar-refractivity contribution in [2.75, 3.05) is 7.11 Å². The number of sulfonamides is 1. The molecule has 1 atom stereocenters. The molecule has 0 aliphatic carbocycles. The molecular formula is C13H16F3NO5S. The number of methoxy groups -OCH3 is 1. The lowest BCUT2D eigenvalue weighted by Gasteiger charge is -2.19. The molecule has 0 radical (unpaired) electrons. The number of rotatable bonds is 6. The zero-order valence-electron chi connectivity index (χ0n) is 12.5. The minimum atomic E-state index is -4.77. The Balaban J connectivity index is 3.35. The molecular weight excluding hydrogens is 339 g/mol. The van der Waals surface area contributed by atoms with Crippen LogP contribution in [-0.4, -0.2) is 32.6 Å². The van der Waals surface area contributed by atoms with Gasteiger partial charge >= 0.3 is 12.1 Å². The lowest BCUT2D eigenvalue weighted by molar-refractivity contribution is -0.140. The number of halogens is 3. The summed E-state index contributed by atoms with van der Waals surface area (Å²) in [6.45, 7) is 2.93. The molecule has 23 heavy (non-hydrogen) atoms. The molecule has 0 spiro atoms. The summed E-state index contributed by atoms with van der Waals surface area (Å²) in [5.74, 6) is -2.34. The van der Waals surface area contributed by atoms with Gasteiger partial charge in [0.25, 0.3) is 0 Å². The Morgan fingerprint density at radius 3 is 2.22 bits per heavy atom. The summed E-state index contributed by atoms with van der Waals surface area (Å²) >= 11 is 0. The Morgan fingerprint density at radius 2 is 1.83 bits per heavy atom. The lowest BCUT2D eigenvalue weighted by atomic mass is 10.1. The quantitative estimate of drug-likeness (QED) is 0.815. The predicted octanol–water partition coefficient (Wildman–Crippen LogP) is 2.10. The molecule has 1 rings (SSSR count). The minimum absolute atomic E-state index is 0.309. The molecule has 0 fully saturated rings. The number of benzene rings is 1. The SMILES string of the molecule is COc1cc(C(F)(F)F)cc(S(=O)(=O)N[C@@H](C(=O)O)C(C)C)c1. The minimum Gasteiger partial charge on any atom is -0.497 e. The molecule has 0 aliphatic heterocycles. The standard InChI is InChI=1S/C13H16F3NO5S/c1-7(2)11(12(18)19)17-23(20,21)10-5-8(13(14,15)16)4-9(6-10)22-3/h4-7,11,17H,1-3H3,(H,18,19)/t11-/m1/s1. The highest BCUT2D eigenvalue weighted by atomic mass is 32.2. The summed E-state index contributed by atoms with van der Waals surface area (Å²) in [5.41, 5.74) is -1.21. The van der Waals surface area contributed by atoms with Gasteiger partial charge in [-0.25, -0.2) is 8.42 Å². The fraction of sp³-hybridized carbons (Fsp3) is 0.462. The molecule has 0 amide bonds. The van der Waals surface area contributed by atoms with E-state index in [0.29, 0.717) is 12.1 Å². The zero-order valence-corrected chi connectivity index (χ0v) is 13.3. The van der Waals surface area contributed by atoms with Crippen LogP contribution in [-0.2, 0) is 21.0 Å². The zero-order chi connectivity index (χ0) is 18.0. The summed E-state index contributed by atoms with van der Waals surface area (Å²) in [5, 5.41) is 9.01. The largest absolute Gasteiger partial charge is 0.497 e. The van der Waals surface area contributed by atoms with E-state index in [2.05, 4.69) is 4.74 Å². The molecule has 0 heterocycles. The van der Waals surface area contributed by atoms with Crippen LogP contribution in [0.5, 0.6) is 5.75 Å². The summed E-state index contributed by atoms with van der Waals surface area (Å²) in [7, 11) is -3.38. The second-order valence-corrected chi connectivity index (χ2v) is 6.79. The van der Waals surface area contributed by atoms with Gasteiger partial charge in [-0.15, -0.1) is 0 Å². The summed E-state index contributed by atoms with van der Waals surface area (Å²) < 4.78 is 69.4. The van der Waals surface area contributed by atoms with Crippen molar-refractivity contribution in [2.24, 2.45) is 5.92 Å². The van der Waals surface area contributed by atoms with Crippen molar-refractivity contribution in [3.8, 4) is 5.75 Å². The number of nitrogens with one attached hydrogen (secondary N) is 1. The van der Waals surface area contributed by atoms with E-state index >= 15 is 0 Å². The van der Waals surface area contributed by atoms with E-state index in [9.17, 15) is 26.4 Å². The van der Waals surface area contributed by atoms with Crippen molar-refractivity contribution in [3.05, 3.63) is 23.8 Å². The van der Waals surface area contributed by atoms with Gasteiger partial charge in [0.15, 0.2) is 0 Å². The van der Waals surface area contributed by atoms with Crippen LogP contribution in [0, 0.1) is 5.92 Å². The predicted molar refractivity (Wildman–Crippen MR) is 74.6 cm³/mol. The third-order valence-corrected chi connectivity index (χ3v) is 4.39. The molecule has 6 nitrogen and oxygen atoms in total. The van der Waals surface area contributed by atoms with Crippen molar-refractivity contribution < 1.29 is 36.2 Å². The third-order valence-electron chi connectivity index (χ3n) is 2.97. The fourth-order valence-electron chi connectivity index (χ4n) is 1.72. The number of hydrogen-bond donors (Lipinski definition) is 2. The smallest absolute Gasteiger partial charge is 0.416 e. The maximum absolute atomic E-state index is 12.8. The van der Waals surface area contributed by atoms with Crippen molar-refractivity contribution in [1.29, 1.82) is 0 Å². The molecule has 0 aromatic heterocycles. The van der Waals surface area contributed by atoms with Crippen molar-refractivity contribution in [1.82, 2.24) is 4.72 Å². The van der Waals surface area contributed by atoms with Gasteiger partial charge in [0.2, 0.25) is 10.0 Å². The van der Waals surface area contributed by atoms with Crippen LogP contribution < -0.4 is 9.46 Å². The molecule has 1 aromatic carbocycles. The Morgan fingerprint density at radius 1 is 1.26 bits per heavy atom. The van der Waals surface area contributed by atoms with Gasteiger partial charge in [-0.05, 0) is 18.1 Å². The fourth-order valence-corrected chi connectivity index (χ4v) is 3.11. The van der Waals surface area contributed by atoms with Crippen molar-refractivity contribution in [2.45, 2.75) is 31.0 Å². The maximum atomic E-state index is 12.8. The van der Waals surface area contributed by atoms with E-state index < -0.39 is 44.6 Å². The first-order chi connectivity index (χ1) is 10.4. The molecule has 0 aliphatic rings. The van der Waals surface area contributed by atoms with E-state index in [1.54, 1.807) is 0 Å². The van der Waals surface area contributed by atoms with Gasteiger partial charge in [0.05, 0.1) is 17.6 Å². The molecule has 0 bridgehead atoms. The second kappa shape index (κ2) is 6.75. The summed E-state index contributed by atoms with van der Waals surface area (Å²) in [4.78, 5) is 10.3. The van der Waals surface area contributed by atoms with E-state index in [1.807, 2.05) is 4.72 Å². The molecule has 130 valence electrons. The van der Waals surface area contributed by atoms with Gasteiger partial charge in [0.1, 0.15) is 11.8 Å². The van der Waals surface area contributed by atoms with Gasteiger partial charge in [-0.3, -0.25) is 4.79 Å². The number of carboxylic acid groups (broad SMARTS) is 1. The van der Waals surface area contributed by atoms with Crippen LogP contribution in [0.1, 0.15) is 19.4 Å². The molecule has 10 heteroatoms. The third kappa shape index (κ3) is 4.83. The number of alkyl halides is 3. The molecule has 0 saturated carbocycles. The van der Waals surface area contributed by atoms with Crippen LogP contribution in [0.4, 0.5) is 13.2 Å². The Labute approximate surface area is 131 Å². The van der Waals surface area contributed by atoms with Crippen LogP contribution in [0.25, 0.3) is 0 Å². The first-order valence-corrected chi connectivity index (χ1v) is 7.88. The van der Waals surface area contributed by atoms with Crippen molar-refractivity contribution >= 4 is 16.0 Å². The Hall–Kier alpha value is -1.81. The van der Waals surface area contributed by atoms with E-state index in [4.69, 9.17) is 5.11 Å². The Kier molecular flexibility index (Phi) is 5.65. The maximum Gasteiger partial charge on any atom is 0.416 e. The van der Waals surface area contributed by atoms with Crippen molar-refractivity contribution in [3.63, 3.8) is 0 Å². The average molecular weight is 355 g/mol.